The zero-order valence-corrected chi connectivity index (χ0v) is 10.3. The van der Waals surface area contributed by atoms with E-state index in [0.29, 0.717) is 12.1 Å². The highest BCUT2D eigenvalue weighted by molar-refractivity contribution is 5.94. The van der Waals surface area contributed by atoms with E-state index in [2.05, 4.69) is 10.1 Å². The van der Waals surface area contributed by atoms with E-state index in [0.717, 1.165) is 5.69 Å². The van der Waals surface area contributed by atoms with Gasteiger partial charge in [-0.2, -0.15) is 0 Å². The van der Waals surface area contributed by atoms with Crippen LogP contribution in [0.1, 0.15) is 24.2 Å². The van der Waals surface area contributed by atoms with Crippen LogP contribution in [0.2, 0.25) is 0 Å². The molecular formula is C13H17NO3. The maximum absolute atomic E-state index is 11.2. The molecule has 4 nitrogen and oxygen atoms in total. The Hall–Kier alpha value is -1.84. The number of ketones is 1. The smallest absolute Gasteiger partial charge is 0.310 e. The third-order valence-corrected chi connectivity index (χ3v) is 2.49. The van der Waals surface area contributed by atoms with E-state index in [9.17, 15) is 9.59 Å². The largest absolute Gasteiger partial charge is 0.469 e. The Balaban J connectivity index is 2.60. The molecule has 0 aliphatic carbocycles. The minimum absolute atomic E-state index is 0.0228. The molecule has 1 N–H and O–H groups in total. The second-order valence-corrected chi connectivity index (χ2v) is 3.94. The molecule has 0 spiro atoms. The first kappa shape index (κ1) is 13.2. The lowest BCUT2D eigenvalue weighted by Gasteiger charge is -2.11. The third kappa shape index (κ3) is 3.90. The summed E-state index contributed by atoms with van der Waals surface area (Å²) in [5.41, 5.74) is 1.48. The summed E-state index contributed by atoms with van der Waals surface area (Å²) < 4.78 is 4.63. The summed E-state index contributed by atoms with van der Waals surface area (Å²) in [6.45, 7) is 3.79. The van der Waals surface area contributed by atoms with Gasteiger partial charge in [0.2, 0.25) is 0 Å². The minimum Gasteiger partial charge on any atom is -0.469 e. The van der Waals surface area contributed by atoms with Crippen molar-refractivity contribution in [1.29, 1.82) is 0 Å². The van der Waals surface area contributed by atoms with Crippen molar-refractivity contribution >= 4 is 17.4 Å². The van der Waals surface area contributed by atoms with E-state index in [1.54, 1.807) is 19.1 Å². The average Bonchev–Trinajstić information content (AvgIpc) is 2.35. The number of rotatable bonds is 5. The Morgan fingerprint density at radius 3 is 2.71 bits per heavy atom. The molecule has 0 radical (unpaired) electrons. The average molecular weight is 235 g/mol. The molecule has 0 saturated carbocycles. The molecule has 0 heterocycles. The van der Waals surface area contributed by atoms with Crippen LogP contribution in [0.25, 0.3) is 0 Å². The van der Waals surface area contributed by atoms with Gasteiger partial charge in [-0.25, -0.2) is 0 Å². The Bertz CT molecular complexity index is 415. The number of anilines is 1. The number of Topliss-reactive ketones (excluding diaryl/α,β-unsaturated/α-hetero) is 1. The Labute approximate surface area is 101 Å². The zero-order valence-electron chi connectivity index (χ0n) is 10.3. The van der Waals surface area contributed by atoms with E-state index in [-0.39, 0.29) is 17.7 Å². The van der Waals surface area contributed by atoms with Crippen molar-refractivity contribution in [2.24, 2.45) is 5.92 Å². The monoisotopic (exact) mass is 235 g/mol. The normalized spacial score (nSPS) is 11.7. The van der Waals surface area contributed by atoms with Crippen molar-refractivity contribution in [3.8, 4) is 0 Å². The number of ether oxygens (including phenoxy) is 1. The number of carbonyl (C=O) groups is 2. The van der Waals surface area contributed by atoms with Crippen molar-refractivity contribution in [2.75, 3.05) is 19.0 Å². The topological polar surface area (TPSA) is 55.4 Å². The summed E-state index contributed by atoms with van der Waals surface area (Å²) in [6, 6.07) is 7.20. The molecule has 92 valence electrons. The fourth-order valence-electron chi connectivity index (χ4n) is 1.40. The molecule has 0 bridgehead atoms. The number of hydrogen-bond donors (Lipinski definition) is 1. The van der Waals surface area contributed by atoms with Crippen molar-refractivity contribution < 1.29 is 14.3 Å². The summed E-state index contributed by atoms with van der Waals surface area (Å²) in [6.07, 6.45) is 0. The van der Waals surface area contributed by atoms with Gasteiger partial charge in [0, 0.05) is 17.8 Å². The molecule has 0 aliphatic rings. The summed E-state index contributed by atoms with van der Waals surface area (Å²) in [5.74, 6) is -0.448. The second kappa shape index (κ2) is 6.03. The fourth-order valence-corrected chi connectivity index (χ4v) is 1.40. The first-order valence-electron chi connectivity index (χ1n) is 5.47. The number of nitrogens with one attached hydrogen (secondary N) is 1. The fraction of sp³-hybridized carbons (Fsp3) is 0.385. The number of esters is 1. The van der Waals surface area contributed by atoms with Gasteiger partial charge in [0.1, 0.15) is 0 Å². The van der Waals surface area contributed by atoms with E-state index in [1.165, 1.54) is 14.0 Å². The Morgan fingerprint density at radius 1 is 1.41 bits per heavy atom. The summed E-state index contributed by atoms with van der Waals surface area (Å²) in [5, 5.41) is 3.10. The van der Waals surface area contributed by atoms with E-state index >= 15 is 0 Å². The highest BCUT2D eigenvalue weighted by Gasteiger charge is 2.12. The van der Waals surface area contributed by atoms with Gasteiger partial charge in [0.05, 0.1) is 13.0 Å². The molecule has 0 fully saturated rings. The van der Waals surface area contributed by atoms with Crippen LogP contribution < -0.4 is 5.32 Å². The molecule has 1 aromatic carbocycles. The molecular weight excluding hydrogens is 218 g/mol. The lowest BCUT2D eigenvalue weighted by atomic mass is 10.1. The quantitative estimate of drug-likeness (QED) is 0.627. The number of benzene rings is 1. The van der Waals surface area contributed by atoms with E-state index < -0.39 is 0 Å². The first-order chi connectivity index (χ1) is 8.04. The lowest BCUT2D eigenvalue weighted by molar-refractivity contribution is -0.144. The predicted octanol–water partition coefficient (Wildman–Crippen LogP) is 2.11. The van der Waals surface area contributed by atoms with Gasteiger partial charge >= 0.3 is 5.97 Å². The maximum Gasteiger partial charge on any atom is 0.310 e. The number of carbonyl (C=O) groups excluding carboxylic acids is 2. The van der Waals surface area contributed by atoms with Gasteiger partial charge in [0.15, 0.2) is 5.78 Å². The van der Waals surface area contributed by atoms with Gasteiger partial charge in [-0.15, -0.1) is 0 Å². The van der Waals surface area contributed by atoms with Crippen LogP contribution in [0.3, 0.4) is 0 Å². The molecule has 17 heavy (non-hydrogen) atoms. The molecule has 1 unspecified atom stereocenters. The van der Waals surface area contributed by atoms with Crippen molar-refractivity contribution in [3.63, 3.8) is 0 Å². The predicted molar refractivity (Wildman–Crippen MR) is 66.1 cm³/mol. The minimum atomic E-state index is -0.250. The molecule has 0 aliphatic heterocycles. The Morgan fingerprint density at radius 2 is 2.12 bits per heavy atom. The van der Waals surface area contributed by atoms with Crippen LogP contribution in [0.15, 0.2) is 24.3 Å². The molecule has 1 aromatic rings. The van der Waals surface area contributed by atoms with E-state index in [1.807, 2.05) is 12.1 Å². The van der Waals surface area contributed by atoms with Crippen LogP contribution in [-0.4, -0.2) is 25.4 Å². The van der Waals surface area contributed by atoms with Crippen molar-refractivity contribution in [2.45, 2.75) is 13.8 Å². The molecule has 0 amide bonds. The second-order valence-electron chi connectivity index (χ2n) is 3.94. The molecule has 0 saturated heterocycles. The van der Waals surface area contributed by atoms with Crippen molar-refractivity contribution in [3.05, 3.63) is 29.8 Å². The van der Waals surface area contributed by atoms with Gasteiger partial charge in [-0.3, -0.25) is 9.59 Å². The summed E-state index contributed by atoms with van der Waals surface area (Å²) >= 11 is 0. The van der Waals surface area contributed by atoms with Crippen LogP contribution in [0, 0.1) is 5.92 Å². The van der Waals surface area contributed by atoms with Gasteiger partial charge in [-0.05, 0) is 19.1 Å². The van der Waals surface area contributed by atoms with Gasteiger partial charge in [-0.1, -0.05) is 19.1 Å². The SMILES string of the molecule is COC(=O)C(C)CNc1cccc(C(C)=O)c1. The number of hydrogen-bond acceptors (Lipinski definition) is 4. The first-order valence-corrected chi connectivity index (χ1v) is 5.47. The van der Waals surface area contributed by atoms with Crippen LogP contribution in [-0.2, 0) is 9.53 Å². The zero-order chi connectivity index (χ0) is 12.8. The Kier molecular flexibility index (Phi) is 4.69. The third-order valence-electron chi connectivity index (χ3n) is 2.49. The van der Waals surface area contributed by atoms with Crippen LogP contribution in [0.5, 0.6) is 0 Å². The van der Waals surface area contributed by atoms with Crippen molar-refractivity contribution in [1.82, 2.24) is 0 Å². The standard InChI is InChI=1S/C13H17NO3/c1-9(13(16)17-3)8-14-12-6-4-5-11(7-12)10(2)15/h4-7,9,14H,8H2,1-3H3. The maximum atomic E-state index is 11.2. The molecule has 4 heteroatoms. The highest BCUT2D eigenvalue weighted by atomic mass is 16.5. The van der Waals surface area contributed by atoms with Gasteiger partial charge in [0.25, 0.3) is 0 Å². The van der Waals surface area contributed by atoms with E-state index in [4.69, 9.17) is 0 Å². The highest BCUT2D eigenvalue weighted by Crippen LogP contribution is 2.12. The summed E-state index contributed by atoms with van der Waals surface area (Å²) in [4.78, 5) is 22.4. The van der Waals surface area contributed by atoms with Crippen LogP contribution >= 0.6 is 0 Å². The lowest BCUT2D eigenvalue weighted by Crippen LogP contribution is -2.21. The van der Waals surface area contributed by atoms with Crippen LogP contribution in [0.4, 0.5) is 5.69 Å². The van der Waals surface area contributed by atoms with Gasteiger partial charge < -0.3 is 10.1 Å². The molecule has 1 atom stereocenters. The summed E-state index contributed by atoms with van der Waals surface area (Å²) in [7, 11) is 1.37. The molecule has 0 aromatic heterocycles. The number of methoxy groups -OCH3 is 1. The molecule has 1 rings (SSSR count).